The molecule has 3 aromatic heterocycles. The zero-order chi connectivity index (χ0) is 31.0. The Bertz CT molecular complexity index is 2000. The van der Waals surface area contributed by atoms with Crippen LogP contribution in [-0.2, 0) is 19.1 Å². The van der Waals surface area contributed by atoms with Crippen molar-refractivity contribution >= 4 is 68.4 Å². The molecule has 8 bridgehead atoms. The first-order valence-corrected chi connectivity index (χ1v) is 13.9. The molecule has 0 aromatic carbocycles. The fourth-order valence-electron chi connectivity index (χ4n) is 5.31. The van der Waals surface area contributed by atoms with Crippen LogP contribution in [0.4, 0.5) is 0 Å². The molecule has 8 nitrogen and oxygen atoms in total. The molecule has 8 heteroatoms. The maximum atomic E-state index is 12.0. The second-order valence-corrected chi connectivity index (χ2v) is 10.5. The van der Waals surface area contributed by atoms with Gasteiger partial charge < -0.3 is 19.4 Å². The molecule has 0 saturated heterocycles. The molecule has 0 unspecified atom stereocenters. The Labute approximate surface area is 250 Å². The highest BCUT2D eigenvalue weighted by molar-refractivity contribution is 6.00. The molecule has 2 aliphatic heterocycles. The number of nitrogens with one attached hydrogen (secondary N) is 2. The van der Waals surface area contributed by atoms with Crippen LogP contribution in [0.15, 0.2) is 49.1 Å². The number of carbonyl (C=O) groups excluding carboxylic acids is 2. The van der Waals surface area contributed by atoms with Crippen LogP contribution in [0, 0.1) is 13.8 Å². The topological polar surface area (TPSA) is 110 Å². The zero-order valence-corrected chi connectivity index (χ0v) is 25.4. The Hall–Kier alpha value is -5.24. The van der Waals surface area contributed by atoms with Crippen LogP contribution in [0.3, 0.4) is 0 Å². The molecule has 0 radical (unpaired) electrons. The molecule has 0 saturated carbocycles. The van der Waals surface area contributed by atoms with Gasteiger partial charge in [0.2, 0.25) is 0 Å². The van der Waals surface area contributed by atoms with Gasteiger partial charge in [-0.05, 0) is 98.9 Å². The fourth-order valence-corrected chi connectivity index (χ4v) is 5.31. The van der Waals surface area contributed by atoms with E-state index in [1.54, 1.807) is 12.2 Å². The zero-order valence-electron chi connectivity index (χ0n) is 25.4. The minimum atomic E-state index is -0.465. The van der Waals surface area contributed by atoms with Gasteiger partial charge in [-0.15, -0.1) is 0 Å². The number of nitrogens with zero attached hydrogens (tertiary/aromatic N) is 2. The summed E-state index contributed by atoms with van der Waals surface area (Å²) in [7, 11) is 2.69. The first-order valence-electron chi connectivity index (χ1n) is 13.9. The Morgan fingerprint density at radius 3 is 1.77 bits per heavy atom. The number of methoxy groups -OCH3 is 2. The molecular formula is C35H34N4O4. The second-order valence-electron chi connectivity index (χ2n) is 10.5. The maximum absolute atomic E-state index is 12.0. The van der Waals surface area contributed by atoms with Gasteiger partial charge >= 0.3 is 11.9 Å². The van der Waals surface area contributed by atoms with E-state index in [9.17, 15) is 9.59 Å². The number of H-pyrrole nitrogens is 2. The maximum Gasteiger partial charge on any atom is 0.330 e. The summed E-state index contributed by atoms with van der Waals surface area (Å²) in [6, 6.07) is 8.01. The number of esters is 2. The van der Waals surface area contributed by atoms with Crippen LogP contribution in [0.5, 0.6) is 0 Å². The predicted molar refractivity (Wildman–Crippen MR) is 173 cm³/mol. The Balaban J connectivity index is 1.96. The number of fused-ring (bicyclic) bond motifs is 8. The standard InChI is InChI=1S/C35H34N4O4/c1-9-23-20(4)28-14-26-18(2)19(3)27(36-26)15-29-21(5)24(10-12-34(40)42-7)32(38-29)17-33-25(11-13-35(41)43-8)22(6)30(39-33)16-31(23)37-28/h9-17,37,39H,1H2,2-8H3/b12-10+,13-11+,26-14?,27-15?,28-14?,29-15?,30-16?,31-16?,32-17?,33-17?. The fraction of sp³-hybridized carbons (Fsp3) is 0.200. The SMILES string of the molecule is C=Cc1c(C)c2cc3nc(cc4nc(cc5[nH]c(cc1[nH]2)c(C)c5/C=C/C(=O)OC)C(/C=C/C(=O)OC)=C4C)C(C)=C3C. The van der Waals surface area contributed by atoms with Gasteiger partial charge in [0.05, 0.1) is 37.0 Å². The van der Waals surface area contributed by atoms with E-state index in [4.69, 9.17) is 19.4 Å². The van der Waals surface area contributed by atoms with E-state index in [-0.39, 0.29) is 0 Å². The lowest BCUT2D eigenvalue weighted by Gasteiger charge is -1.99. The van der Waals surface area contributed by atoms with Gasteiger partial charge in [0.15, 0.2) is 0 Å². The molecule has 5 rings (SSSR count). The van der Waals surface area contributed by atoms with Crippen LogP contribution >= 0.6 is 0 Å². The van der Waals surface area contributed by atoms with E-state index in [0.29, 0.717) is 5.69 Å². The highest BCUT2D eigenvalue weighted by Gasteiger charge is 2.19. The van der Waals surface area contributed by atoms with Gasteiger partial charge in [-0.2, -0.15) is 0 Å². The molecule has 218 valence electrons. The van der Waals surface area contributed by atoms with E-state index in [1.807, 2.05) is 38.1 Å². The van der Waals surface area contributed by atoms with E-state index < -0.39 is 11.9 Å². The van der Waals surface area contributed by atoms with E-state index in [0.717, 1.165) is 83.7 Å². The van der Waals surface area contributed by atoms with Gasteiger partial charge in [0, 0.05) is 50.9 Å². The largest absolute Gasteiger partial charge is 0.466 e. The summed E-state index contributed by atoms with van der Waals surface area (Å²) in [4.78, 5) is 41.1. The molecule has 0 spiro atoms. The van der Waals surface area contributed by atoms with Gasteiger partial charge in [0.25, 0.3) is 0 Å². The predicted octanol–water partition coefficient (Wildman–Crippen LogP) is 7.37. The summed E-state index contributed by atoms with van der Waals surface area (Å²) in [6.07, 6.45) is 8.07. The van der Waals surface area contributed by atoms with Crippen LogP contribution < -0.4 is 0 Å². The van der Waals surface area contributed by atoms with Crippen molar-refractivity contribution in [2.45, 2.75) is 34.6 Å². The number of aryl methyl sites for hydroxylation is 2. The molecule has 2 N–H and O–H groups in total. The third kappa shape index (κ3) is 5.39. The highest BCUT2D eigenvalue weighted by atomic mass is 16.5. The first kappa shape index (κ1) is 29.3. The van der Waals surface area contributed by atoms with Crippen molar-refractivity contribution in [3.05, 3.63) is 94.1 Å². The first-order chi connectivity index (χ1) is 20.6. The van der Waals surface area contributed by atoms with Crippen LogP contribution in [0.1, 0.15) is 65.8 Å². The molecule has 0 fully saturated rings. The summed E-state index contributed by atoms with van der Waals surface area (Å²) < 4.78 is 9.69. The monoisotopic (exact) mass is 574 g/mol. The normalized spacial score (nSPS) is 13.4. The molecule has 3 aromatic rings. The lowest BCUT2D eigenvalue weighted by atomic mass is 10.0. The third-order valence-corrected chi connectivity index (χ3v) is 8.11. The Morgan fingerprint density at radius 2 is 1.14 bits per heavy atom. The lowest BCUT2D eigenvalue weighted by Crippen LogP contribution is -1.94. The minimum absolute atomic E-state index is 0.461. The number of rotatable bonds is 5. The molecular weight excluding hydrogens is 540 g/mol. The summed E-state index contributed by atoms with van der Waals surface area (Å²) in [6.45, 7) is 14.2. The molecule has 0 aliphatic carbocycles. The molecule has 5 heterocycles. The summed E-state index contributed by atoms with van der Waals surface area (Å²) in [5.41, 5.74) is 14.1. The Morgan fingerprint density at radius 1 is 0.651 bits per heavy atom. The number of aromatic nitrogens is 4. The van der Waals surface area contributed by atoms with Crippen LogP contribution in [-0.4, -0.2) is 46.1 Å². The average molecular weight is 575 g/mol. The van der Waals surface area contributed by atoms with Crippen molar-refractivity contribution in [3.8, 4) is 0 Å². The van der Waals surface area contributed by atoms with Crippen LogP contribution in [0.25, 0.3) is 56.5 Å². The number of ether oxygens (including phenoxy) is 2. The average Bonchev–Trinajstić information content (AvgIpc) is 3.64. The van der Waals surface area contributed by atoms with Gasteiger partial charge in [-0.3, -0.25) is 0 Å². The number of hydrogen-bond acceptors (Lipinski definition) is 6. The number of aromatic amines is 2. The van der Waals surface area contributed by atoms with Gasteiger partial charge in [-0.25, -0.2) is 19.6 Å². The van der Waals surface area contributed by atoms with E-state index in [2.05, 4.69) is 43.4 Å². The van der Waals surface area contributed by atoms with Crippen molar-refractivity contribution in [2.75, 3.05) is 14.2 Å². The molecule has 2 aliphatic rings. The number of hydrogen-bond donors (Lipinski definition) is 2. The molecule has 43 heavy (non-hydrogen) atoms. The quantitative estimate of drug-likeness (QED) is 0.243. The number of allylic oxidation sites excluding steroid dienone is 5. The van der Waals surface area contributed by atoms with E-state index >= 15 is 0 Å². The number of carbonyl (C=O) groups is 2. The van der Waals surface area contributed by atoms with Crippen LogP contribution in [0.2, 0.25) is 0 Å². The van der Waals surface area contributed by atoms with Crippen molar-refractivity contribution < 1.29 is 19.1 Å². The van der Waals surface area contributed by atoms with Crippen molar-refractivity contribution in [1.29, 1.82) is 0 Å². The van der Waals surface area contributed by atoms with Crippen molar-refractivity contribution in [3.63, 3.8) is 0 Å². The Kier molecular flexibility index (Phi) is 7.87. The van der Waals surface area contributed by atoms with Crippen molar-refractivity contribution in [2.24, 2.45) is 0 Å². The highest BCUT2D eigenvalue weighted by Crippen LogP contribution is 2.35. The smallest absolute Gasteiger partial charge is 0.330 e. The van der Waals surface area contributed by atoms with Gasteiger partial charge in [-0.1, -0.05) is 12.7 Å². The third-order valence-electron chi connectivity index (χ3n) is 8.11. The summed E-state index contributed by atoms with van der Waals surface area (Å²) >= 11 is 0. The molecule has 0 atom stereocenters. The summed E-state index contributed by atoms with van der Waals surface area (Å²) in [5.74, 6) is -0.926. The summed E-state index contributed by atoms with van der Waals surface area (Å²) in [5, 5.41) is 0. The van der Waals surface area contributed by atoms with Crippen molar-refractivity contribution in [1.82, 2.24) is 19.9 Å². The molecule has 0 amide bonds. The van der Waals surface area contributed by atoms with E-state index in [1.165, 1.54) is 26.4 Å². The minimum Gasteiger partial charge on any atom is -0.466 e. The lowest BCUT2D eigenvalue weighted by molar-refractivity contribution is -0.135. The second kappa shape index (κ2) is 11.6. The van der Waals surface area contributed by atoms with Gasteiger partial charge in [0.1, 0.15) is 0 Å².